The molecule has 3 aromatic carbocycles. The van der Waals surface area contributed by atoms with Gasteiger partial charge >= 0.3 is 0 Å². The van der Waals surface area contributed by atoms with Gasteiger partial charge in [0.25, 0.3) is 0 Å². The fourth-order valence-corrected chi connectivity index (χ4v) is 2.88. The Morgan fingerprint density at radius 3 is 2.40 bits per heavy atom. The first-order chi connectivity index (χ1) is 12.2. The van der Waals surface area contributed by atoms with Crippen LogP contribution in [-0.2, 0) is 0 Å². The highest BCUT2D eigenvalue weighted by Crippen LogP contribution is 2.25. The molecule has 0 spiro atoms. The molecule has 0 aliphatic rings. The van der Waals surface area contributed by atoms with Gasteiger partial charge in [0, 0.05) is 10.6 Å². The molecule has 0 saturated carbocycles. The van der Waals surface area contributed by atoms with Crippen LogP contribution in [0.1, 0.15) is 16.7 Å². The van der Waals surface area contributed by atoms with E-state index in [9.17, 15) is 0 Å². The molecule has 0 unspecified atom stereocenters. The van der Waals surface area contributed by atoms with Gasteiger partial charge in [-0.3, -0.25) is 0 Å². The number of halogens is 1. The first kappa shape index (κ1) is 15.6. The maximum Gasteiger partial charge on any atom is 0.113 e. The fraction of sp³-hybridized carbons (Fsp3) is 0.0476. The largest absolute Gasteiger partial charge is 0.212 e. The zero-order valence-electron chi connectivity index (χ0n) is 13.7. The minimum atomic E-state index is 0.710. The highest BCUT2D eigenvalue weighted by molar-refractivity contribution is 6.30. The van der Waals surface area contributed by atoms with Gasteiger partial charge in [0.15, 0.2) is 0 Å². The number of benzene rings is 3. The third-order valence-electron chi connectivity index (χ3n) is 4.10. The first-order valence-corrected chi connectivity index (χ1v) is 8.44. The summed E-state index contributed by atoms with van der Waals surface area (Å²) in [4.78, 5) is 0. The normalized spacial score (nSPS) is 11.8. The van der Waals surface area contributed by atoms with E-state index < -0.39 is 0 Å². The second kappa shape index (κ2) is 6.54. The topological polar surface area (TPSA) is 30.7 Å². The Kier molecular flexibility index (Phi) is 4.08. The van der Waals surface area contributed by atoms with Gasteiger partial charge in [-0.2, -0.15) is 0 Å². The lowest BCUT2D eigenvalue weighted by molar-refractivity contribution is 0.843. The lowest BCUT2D eigenvalue weighted by Gasteiger charge is -2.10. The summed E-state index contributed by atoms with van der Waals surface area (Å²) < 4.78 is 1.87. The molecule has 0 aliphatic heterocycles. The number of hydrogen-bond donors (Lipinski definition) is 0. The number of aromatic nitrogens is 3. The van der Waals surface area contributed by atoms with E-state index in [1.165, 1.54) is 5.56 Å². The van der Waals surface area contributed by atoms with Crippen LogP contribution >= 0.6 is 11.6 Å². The van der Waals surface area contributed by atoms with Gasteiger partial charge in [0.2, 0.25) is 0 Å². The predicted molar refractivity (Wildman–Crippen MR) is 103 cm³/mol. The Hall–Kier alpha value is -2.91. The van der Waals surface area contributed by atoms with Gasteiger partial charge in [-0.15, -0.1) is 5.10 Å². The lowest BCUT2D eigenvalue weighted by Crippen LogP contribution is -2.01. The Morgan fingerprint density at radius 1 is 0.920 bits per heavy atom. The molecule has 0 amide bonds. The third kappa shape index (κ3) is 3.19. The fourth-order valence-electron chi connectivity index (χ4n) is 2.75. The number of fused-ring (bicyclic) bond motifs is 1. The van der Waals surface area contributed by atoms with Crippen molar-refractivity contribution in [3.8, 4) is 0 Å². The van der Waals surface area contributed by atoms with Crippen molar-refractivity contribution in [2.45, 2.75) is 6.92 Å². The molecular formula is C21H16ClN3. The van der Waals surface area contributed by atoms with Crippen molar-refractivity contribution in [2.75, 3.05) is 0 Å². The molecule has 1 heterocycles. The Balaban J connectivity index is 1.92. The van der Waals surface area contributed by atoms with Crippen LogP contribution in [0.2, 0.25) is 5.02 Å². The highest BCUT2D eigenvalue weighted by atomic mass is 35.5. The molecule has 0 saturated heterocycles. The molecule has 1 aromatic heterocycles. The van der Waals surface area contributed by atoms with Crippen molar-refractivity contribution in [3.05, 3.63) is 94.5 Å². The van der Waals surface area contributed by atoms with E-state index in [-0.39, 0.29) is 0 Å². The van der Waals surface area contributed by atoms with Gasteiger partial charge in [-0.25, -0.2) is 4.68 Å². The van der Waals surface area contributed by atoms with E-state index >= 15 is 0 Å². The zero-order valence-corrected chi connectivity index (χ0v) is 14.5. The first-order valence-electron chi connectivity index (χ1n) is 8.06. The Morgan fingerprint density at radius 2 is 1.64 bits per heavy atom. The second-order valence-electron chi connectivity index (χ2n) is 5.94. The van der Waals surface area contributed by atoms with Crippen LogP contribution in [0, 0.1) is 6.92 Å². The number of aryl methyl sites for hydroxylation is 1. The summed E-state index contributed by atoms with van der Waals surface area (Å²) in [6.45, 7) is 2.08. The minimum absolute atomic E-state index is 0.710. The standard InChI is InChI=1S/C21H16ClN3/c1-15-6-8-16(9-7-15)14-21(17-10-12-18(22)13-11-17)25-20-5-3-2-4-19(20)23-24-25/h2-14H,1H3/b21-14-. The highest BCUT2D eigenvalue weighted by Gasteiger charge is 2.11. The second-order valence-corrected chi connectivity index (χ2v) is 6.37. The van der Waals surface area contributed by atoms with Gasteiger partial charge in [-0.1, -0.05) is 70.9 Å². The molecule has 4 rings (SSSR count). The van der Waals surface area contributed by atoms with E-state index in [0.29, 0.717) is 5.02 Å². The summed E-state index contributed by atoms with van der Waals surface area (Å²) in [7, 11) is 0. The van der Waals surface area contributed by atoms with Crippen LogP contribution < -0.4 is 0 Å². The van der Waals surface area contributed by atoms with E-state index in [2.05, 4.69) is 47.6 Å². The molecule has 0 fully saturated rings. The van der Waals surface area contributed by atoms with Gasteiger partial charge in [0.05, 0.1) is 11.2 Å². The summed E-state index contributed by atoms with van der Waals surface area (Å²) in [5, 5.41) is 9.37. The Bertz CT molecular complexity index is 1040. The average Bonchev–Trinajstić information content (AvgIpc) is 3.06. The monoisotopic (exact) mass is 345 g/mol. The number of hydrogen-bond acceptors (Lipinski definition) is 2. The summed E-state index contributed by atoms with van der Waals surface area (Å²) in [6.07, 6.45) is 2.11. The van der Waals surface area contributed by atoms with Crippen molar-refractivity contribution in [1.29, 1.82) is 0 Å². The number of rotatable bonds is 3. The van der Waals surface area contributed by atoms with Crippen molar-refractivity contribution in [3.63, 3.8) is 0 Å². The van der Waals surface area contributed by atoms with Crippen LogP contribution in [-0.4, -0.2) is 15.0 Å². The average molecular weight is 346 g/mol. The van der Waals surface area contributed by atoms with E-state index in [1.807, 2.05) is 53.2 Å². The van der Waals surface area contributed by atoms with E-state index in [4.69, 9.17) is 11.6 Å². The van der Waals surface area contributed by atoms with Gasteiger partial charge in [-0.05, 0) is 42.8 Å². The van der Waals surface area contributed by atoms with Crippen LogP contribution in [0.5, 0.6) is 0 Å². The maximum atomic E-state index is 6.06. The van der Waals surface area contributed by atoms with Crippen molar-refractivity contribution >= 4 is 34.4 Å². The maximum absolute atomic E-state index is 6.06. The molecule has 4 aromatic rings. The SMILES string of the molecule is Cc1ccc(/C=C(/c2ccc(Cl)cc2)n2nnc3ccccc32)cc1. The summed E-state index contributed by atoms with van der Waals surface area (Å²) >= 11 is 6.06. The smallest absolute Gasteiger partial charge is 0.113 e. The zero-order chi connectivity index (χ0) is 17.2. The predicted octanol–water partition coefficient (Wildman–Crippen LogP) is 5.44. The van der Waals surface area contributed by atoms with Crippen molar-refractivity contribution in [2.24, 2.45) is 0 Å². The quantitative estimate of drug-likeness (QED) is 0.463. The molecule has 0 N–H and O–H groups in total. The molecule has 25 heavy (non-hydrogen) atoms. The molecule has 0 radical (unpaired) electrons. The van der Waals surface area contributed by atoms with Crippen molar-refractivity contribution < 1.29 is 0 Å². The summed E-state index contributed by atoms with van der Waals surface area (Å²) in [6, 6.07) is 24.1. The van der Waals surface area contributed by atoms with Crippen LogP contribution in [0.4, 0.5) is 0 Å². The minimum Gasteiger partial charge on any atom is -0.212 e. The number of nitrogens with zero attached hydrogens (tertiary/aromatic N) is 3. The van der Waals surface area contributed by atoms with E-state index in [1.54, 1.807) is 0 Å². The van der Waals surface area contributed by atoms with E-state index in [0.717, 1.165) is 27.9 Å². The molecular weight excluding hydrogens is 330 g/mol. The van der Waals surface area contributed by atoms with Crippen LogP contribution in [0.3, 0.4) is 0 Å². The van der Waals surface area contributed by atoms with Crippen LogP contribution in [0.15, 0.2) is 72.8 Å². The molecule has 0 atom stereocenters. The Labute approximate surface area is 151 Å². The molecule has 122 valence electrons. The number of para-hydroxylation sites is 1. The molecule has 0 aliphatic carbocycles. The summed E-state index contributed by atoms with van der Waals surface area (Å²) in [5.41, 5.74) is 6.16. The molecule has 3 nitrogen and oxygen atoms in total. The molecule has 4 heteroatoms. The third-order valence-corrected chi connectivity index (χ3v) is 4.35. The lowest BCUT2D eigenvalue weighted by atomic mass is 10.1. The van der Waals surface area contributed by atoms with Crippen LogP contribution in [0.25, 0.3) is 22.8 Å². The van der Waals surface area contributed by atoms with Gasteiger partial charge < -0.3 is 0 Å². The molecule has 0 bridgehead atoms. The summed E-state index contributed by atoms with van der Waals surface area (Å²) in [5.74, 6) is 0. The van der Waals surface area contributed by atoms with Gasteiger partial charge in [0.1, 0.15) is 5.52 Å². The van der Waals surface area contributed by atoms with Crippen molar-refractivity contribution in [1.82, 2.24) is 15.0 Å².